The molecule has 5 heteroatoms. The summed E-state index contributed by atoms with van der Waals surface area (Å²) < 4.78 is 0. The predicted molar refractivity (Wildman–Crippen MR) is 99.3 cm³/mol. The van der Waals surface area contributed by atoms with Crippen LogP contribution in [0.3, 0.4) is 0 Å². The molecular weight excluding hydrogens is 320 g/mol. The SMILES string of the molecule is CSCCCN1C[C@@H](NC(=O)c2ccc(CO)cc2)[C@H](C2CC2)C1. The zero-order valence-corrected chi connectivity index (χ0v) is 15.2. The Morgan fingerprint density at radius 2 is 2.04 bits per heavy atom. The van der Waals surface area contributed by atoms with Crippen LogP contribution < -0.4 is 5.32 Å². The summed E-state index contributed by atoms with van der Waals surface area (Å²) in [5, 5.41) is 12.4. The van der Waals surface area contributed by atoms with Crippen LogP contribution in [0.4, 0.5) is 0 Å². The van der Waals surface area contributed by atoms with Crippen molar-refractivity contribution in [2.75, 3.05) is 31.6 Å². The highest BCUT2D eigenvalue weighted by molar-refractivity contribution is 7.98. The first-order valence-corrected chi connectivity index (χ1v) is 10.3. The van der Waals surface area contributed by atoms with Gasteiger partial charge in [0.05, 0.1) is 6.61 Å². The summed E-state index contributed by atoms with van der Waals surface area (Å²) in [6.07, 6.45) is 6.02. The van der Waals surface area contributed by atoms with Crippen LogP contribution in [0.2, 0.25) is 0 Å². The molecule has 1 aromatic carbocycles. The van der Waals surface area contributed by atoms with Gasteiger partial charge in [0.15, 0.2) is 0 Å². The first-order valence-electron chi connectivity index (χ1n) is 8.93. The third-order valence-electron chi connectivity index (χ3n) is 5.21. The highest BCUT2D eigenvalue weighted by atomic mass is 32.2. The second-order valence-electron chi connectivity index (χ2n) is 7.04. The Balaban J connectivity index is 1.58. The maximum atomic E-state index is 12.6. The fraction of sp³-hybridized carbons (Fsp3) is 0.632. The van der Waals surface area contributed by atoms with Crippen molar-refractivity contribution < 1.29 is 9.90 Å². The van der Waals surface area contributed by atoms with Gasteiger partial charge in [0.1, 0.15) is 0 Å². The molecule has 1 amide bonds. The quantitative estimate of drug-likeness (QED) is 0.708. The Labute approximate surface area is 149 Å². The fourth-order valence-corrected chi connectivity index (χ4v) is 4.11. The van der Waals surface area contributed by atoms with E-state index in [-0.39, 0.29) is 18.6 Å². The number of hydrogen-bond acceptors (Lipinski definition) is 4. The molecule has 132 valence electrons. The maximum Gasteiger partial charge on any atom is 0.251 e. The molecule has 4 nitrogen and oxygen atoms in total. The zero-order chi connectivity index (χ0) is 16.9. The van der Waals surface area contributed by atoms with E-state index in [9.17, 15) is 4.79 Å². The summed E-state index contributed by atoms with van der Waals surface area (Å²) in [5.74, 6) is 2.64. The van der Waals surface area contributed by atoms with E-state index in [0.717, 1.165) is 31.1 Å². The largest absolute Gasteiger partial charge is 0.392 e. The van der Waals surface area contributed by atoms with Gasteiger partial charge in [0.25, 0.3) is 5.91 Å². The van der Waals surface area contributed by atoms with E-state index in [4.69, 9.17) is 5.11 Å². The maximum absolute atomic E-state index is 12.6. The normalized spacial score (nSPS) is 24.2. The predicted octanol–water partition coefficient (Wildman–Crippen LogP) is 2.37. The average Bonchev–Trinajstić information content (AvgIpc) is 3.37. The van der Waals surface area contributed by atoms with Gasteiger partial charge in [-0.1, -0.05) is 12.1 Å². The molecule has 0 aromatic heterocycles. The van der Waals surface area contributed by atoms with Gasteiger partial charge in [-0.15, -0.1) is 0 Å². The van der Waals surface area contributed by atoms with E-state index in [1.807, 2.05) is 23.9 Å². The van der Waals surface area contributed by atoms with Gasteiger partial charge in [0.2, 0.25) is 0 Å². The molecule has 3 rings (SSSR count). The standard InChI is InChI=1S/C19H28N2O2S/c1-24-10-2-9-21-11-17(15-7-8-15)18(12-21)20-19(23)16-5-3-14(13-22)4-6-16/h3-6,15,17-18,22H,2,7-13H2,1H3,(H,20,23)/t17-,18+/m0/s1. The van der Waals surface area contributed by atoms with Crippen LogP contribution in [0.5, 0.6) is 0 Å². The number of amides is 1. The van der Waals surface area contributed by atoms with Gasteiger partial charge >= 0.3 is 0 Å². The first-order chi connectivity index (χ1) is 11.7. The molecule has 24 heavy (non-hydrogen) atoms. The van der Waals surface area contributed by atoms with E-state index in [0.29, 0.717) is 11.5 Å². The number of rotatable bonds is 8. The number of hydrogen-bond donors (Lipinski definition) is 2. The lowest BCUT2D eigenvalue weighted by molar-refractivity contribution is 0.0928. The lowest BCUT2D eigenvalue weighted by atomic mass is 9.97. The van der Waals surface area contributed by atoms with Crippen molar-refractivity contribution in [3.05, 3.63) is 35.4 Å². The highest BCUT2D eigenvalue weighted by Gasteiger charge is 2.42. The third kappa shape index (κ3) is 4.52. The molecule has 1 heterocycles. The molecular formula is C19H28N2O2S. The summed E-state index contributed by atoms with van der Waals surface area (Å²) in [7, 11) is 0. The van der Waals surface area contributed by atoms with Crippen molar-refractivity contribution in [3.63, 3.8) is 0 Å². The second-order valence-corrected chi connectivity index (χ2v) is 8.03. The third-order valence-corrected chi connectivity index (χ3v) is 5.90. The van der Waals surface area contributed by atoms with Gasteiger partial charge < -0.3 is 15.3 Å². The minimum Gasteiger partial charge on any atom is -0.392 e. The van der Waals surface area contributed by atoms with Crippen molar-refractivity contribution in [1.29, 1.82) is 0 Å². The van der Waals surface area contributed by atoms with Crippen LogP contribution in [0.25, 0.3) is 0 Å². The molecule has 1 aliphatic heterocycles. The average molecular weight is 349 g/mol. The highest BCUT2D eigenvalue weighted by Crippen LogP contribution is 2.41. The Kier molecular flexibility index (Phi) is 6.19. The van der Waals surface area contributed by atoms with Crippen LogP contribution in [0, 0.1) is 11.8 Å². The van der Waals surface area contributed by atoms with Crippen molar-refractivity contribution in [1.82, 2.24) is 10.2 Å². The number of aliphatic hydroxyl groups is 1. The Bertz CT molecular complexity index is 545. The summed E-state index contributed by atoms with van der Waals surface area (Å²) in [4.78, 5) is 15.1. The molecule has 1 saturated carbocycles. The summed E-state index contributed by atoms with van der Waals surface area (Å²) in [6, 6.07) is 7.51. The van der Waals surface area contributed by atoms with Gasteiger partial charge in [-0.25, -0.2) is 0 Å². The first kappa shape index (κ1) is 17.8. The summed E-state index contributed by atoms with van der Waals surface area (Å²) >= 11 is 1.90. The van der Waals surface area contributed by atoms with Gasteiger partial charge in [0, 0.05) is 24.7 Å². The second kappa shape index (κ2) is 8.37. The number of carbonyl (C=O) groups excluding carboxylic acids is 1. The molecule has 0 unspecified atom stereocenters. The van der Waals surface area contributed by atoms with E-state index in [1.54, 1.807) is 12.1 Å². The van der Waals surface area contributed by atoms with E-state index in [1.165, 1.54) is 25.0 Å². The van der Waals surface area contributed by atoms with Crippen molar-refractivity contribution >= 4 is 17.7 Å². The van der Waals surface area contributed by atoms with Gasteiger partial charge in [-0.2, -0.15) is 11.8 Å². The van der Waals surface area contributed by atoms with Crippen molar-refractivity contribution in [2.45, 2.75) is 31.9 Å². The molecule has 1 aromatic rings. The lowest BCUT2D eigenvalue weighted by Crippen LogP contribution is -2.41. The zero-order valence-electron chi connectivity index (χ0n) is 14.4. The number of carbonyl (C=O) groups is 1. The van der Waals surface area contributed by atoms with E-state index in [2.05, 4.69) is 16.5 Å². The van der Waals surface area contributed by atoms with Crippen molar-refractivity contribution in [2.24, 2.45) is 11.8 Å². The van der Waals surface area contributed by atoms with Crippen molar-refractivity contribution in [3.8, 4) is 0 Å². The fourth-order valence-electron chi connectivity index (χ4n) is 3.70. The van der Waals surface area contributed by atoms with Crippen LogP contribution in [0.15, 0.2) is 24.3 Å². The monoisotopic (exact) mass is 348 g/mol. The van der Waals surface area contributed by atoms with E-state index < -0.39 is 0 Å². The molecule has 2 fully saturated rings. The topological polar surface area (TPSA) is 52.6 Å². The molecule has 2 N–H and O–H groups in total. The van der Waals surface area contributed by atoms with Crippen LogP contribution in [-0.4, -0.2) is 53.6 Å². The van der Waals surface area contributed by atoms with Crippen LogP contribution in [0.1, 0.15) is 35.2 Å². The molecule has 0 bridgehead atoms. The number of benzene rings is 1. The molecule has 1 aliphatic carbocycles. The molecule has 0 radical (unpaired) electrons. The number of aliphatic hydroxyl groups excluding tert-OH is 1. The summed E-state index contributed by atoms with van der Waals surface area (Å²) in [6.45, 7) is 3.27. The molecule has 2 atom stereocenters. The van der Waals surface area contributed by atoms with Crippen LogP contribution >= 0.6 is 11.8 Å². The summed E-state index contributed by atoms with van der Waals surface area (Å²) in [5.41, 5.74) is 1.52. The number of nitrogens with one attached hydrogen (secondary N) is 1. The Morgan fingerprint density at radius 1 is 1.29 bits per heavy atom. The minimum absolute atomic E-state index is 0.0132. The van der Waals surface area contributed by atoms with E-state index >= 15 is 0 Å². The van der Waals surface area contributed by atoms with Gasteiger partial charge in [-0.05, 0) is 67.3 Å². The molecule has 2 aliphatic rings. The number of thioether (sulfide) groups is 1. The number of nitrogens with zero attached hydrogens (tertiary/aromatic N) is 1. The van der Waals surface area contributed by atoms with Crippen LogP contribution in [-0.2, 0) is 6.61 Å². The smallest absolute Gasteiger partial charge is 0.251 e. The van der Waals surface area contributed by atoms with Gasteiger partial charge in [-0.3, -0.25) is 4.79 Å². The minimum atomic E-state index is 0.0132. The molecule has 0 spiro atoms. The Morgan fingerprint density at radius 3 is 2.67 bits per heavy atom. The molecule has 1 saturated heterocycles. The Hall–Kier alpha value is -1.04. The lowest BCUT2D eigenvalue weighted by Gasteiger charge is -2.19. The number of likely N-dealkylation sites (tertiary alicyclic amines) is 1.